The average Bonchev–Trinajstić information content (AvgIpc) is 2.58. The molecule has 0 radical (unpaired) electrons. The molecule has 0 aromatic heterocycles. The molecule has 23 heavy (non-hydrogen) atoms. The number of aryl methyl sites for hydroxylation is 1. The molecule has 5 nitrogen and oxygen atoms in total. The van der Waals surface area contributed by atoms with E-state index in [4.69, 9.17) is 5.73 Å². The maximum atomic E-state index is 12.5. The maximum absolute atomic E-state index is 12.5. The van der Waals surface area contributed by atoms with Gasteiger partial charge in [0.2, 0.25) is 0 Å². The van der Waals surface area contributed by atoms with Gasteiger partial charge in [0.05, 0.1) is 11.4 Å². The van der Waals surface area contributed by atoms with E-state index in [2.05, 4.69) is 5.32 Å². The van der Waals surface area contributed by atoms with E-state index in [9.17, 15) is 10.1 Å². The van der Waals surface area contributed by atoms with E-state index in [1.807, 2.05) is 25.1 Å². The van der Waals surface area contributed by atoms with Crippen LogP contribution in [0.3, 0.4) is 0 Å². The summed E-state index contributed by atoms with van der Waals surface area (Å²) >= 11 is 0. The number of nitriles is 1. The normalized spacial score (nSPS) is 15.8. The summed E-state index contributed by atoms with van der Waals surface area (Å²) in [6, 6.07) is 7.82. The maximum Gasteiger partial charge on any atom is 0.266 e. The molecular formula is C18H24N4O. The molecule has 0 saturated heterocycles. The lowest BCUT2D eigenvalue weighted by Crippen LogP contribution is -2.39. The minimum absolute atomic E-state index is 0.0963. The first-order valence-electron chi connectivity index (χ1n) is 8.03. The highest BCUT2D eigenvalue weighted by molar-refractivity contribution is 5.97. The number of nitrogens with two attached hydrogens (primary N) is 1. The monoisotopic (exact) mass is 312 g/mol. The fourth-order valence-corrected chi connectivity index (χ4v) is 2.91. The molecule has 1 aliphatic rings. The first-order valence-corrected chi connectivity index (χ1v) is 8.03. The van der Waals surface area contributed by atoms with Crippen molar-refractivity contribution < 1.29 is 4.79 Å². The van der Waals surface area contributed by atoms with E-state index in [-0.39, 0.29) is 17.5 Å². The topological polar surface area (TPSA) is 82.1 Å². The third kappa shape index (κ3) is 4.26. The number of carbonyl (C=O) groups is 1. The van der Waals surface area contributed by atoms with Gasteiger partial charge in [-0.3, -0.25) is 4.79 Å². The van der Waals surface area contributed by atoms with E-state index >= 15 is 0 Å². The lowest BCUT2D eigenvalue weighted by Gasteiger charge is -2.31. The van der Waals surface area contributed by atoms with Gasteiger partial charge in [0.25, 0.3) is 5.91 Å². The Morgan fingerprint density at radius 1 is 1.39 bits per heavy atom. The van der Waals surface area contributed by atoms with Crippen LogP contribution in [-0.4, -0.2) is 23.9 Å². The van der Waals surface area contributed by atoms with Gasteiger partial charge in [0.1, 0.15) is 11.6 Å². The van der Waals surface area contributed by atoms with Crippen molar-refractivity contribution in [2.24, 2.45) is 0 Å². The first-order chi connectivity index (χ1) is 11.0. The average molecular weight is 312 g/mol. The van der Waals surface area contributed by atoms with Crippen molar-refractivity contribution >= 4 is 17.3 Å². The van der Waals surface area contributed by atoms with E-state index in [0.29, 0.717) is 11.4 Å². The third-order valence-corrected chi connectivity index (χ3v) is 4.37. The molecule has 1 aromatic carbocycles. The SMILES string of the molecule is Cc1ccc(N)c(N/C=C(/C#N)C(=O)N(C)C2CCCCC2)c1. The van der Waals surface area contributed by atoms with Crippen molar-refractivity contribution in [3.8, 4) is 6.07 Å². The number of benzene rings is 1. The molecule has 2 rings (SSSR count). The van der Waals surface area contributed by atoms with Crippen LogP contribution in [0.1, 0.15) is 37.7 Å². The van der Waals surface area contributed by atoms with Crippen molar-refractivity contribution in [3.63, 3.8) is 0 Å². The number of nitrogens with one attached hydrogen (secondary N) is 1. The molecule has 0 bridgehead atoms. The summed E-state index contributed by atoms with van der Waals surface area (Å²) in [4.78, 5) is 14.2. The van der Waals surface area contributed by atoms with Crippen molar-refractivity contribution in [2.45, 2.75) is 45.1 Å². The fourth-order valence-electron chi connectivity index (χ4n) is 2.91. The number of anilines is 2. The minimum Gasteiger partial charge on any atom is -0.397 e. The lowest BCUT2D eigenvalue weighted by molar-refractivity contribution is -0.128. The second-order valence-corrected chi connectivity index (χ2v) is 6.11. The van der Waals surface area contributed by atoms with Crippen molar-refractivity contribution in [1.29, 1.82) is 5.26 Å². The van der Waals surface area contributed by atoms with Crippen molar-refractivity contribution in [1.82, 2.24) is 4.90 Å². The predicted octanol–water partition coefficient (Wildman–Crippen LogP) is 3.19. The quantitative estimate of drug-likeness (QED) is 0.508. The van der Waals surface area contributed by atoms with E-state index in [1.54, 1.807) is 18.0 Å². The number of hydrogen-bond acceptors (Lipinski definition) is 4. The molecule has 122 valence electrons. The number of hydrogen-bond donors (Lipinski definition) is 2. The number of nitrogens with zero attached hydrogens (tertiary/aromatic N) is 2. The highest BCUT2D eigenvalue weighted by Gasteiger charge is 2.24. The number of carbonyl (C=O) groups excluding carboxylic acids is 1. The fraction of sp³-hybridized carbons (Fsp3) is 0.444. The van der Waals surface area contributed by atoms with Gasteiger partial charge in [-0.05, 0) is 37.5 Å². The number of likely N-dealkylation sites (N-methyl/N-ethyl adjacent to an activating group) is 1. The molecule has 1 aliphatic carbocycles. The summed E-state index contributed by atoms with van der Waals surface area (Å²) in [5, 5.41) is 12.3. The molecular weight excluding hydrogens is 288 g/mol. The van der Waals surface area contributed by atoms with E-state index in [0.717, 1.165) is 31.2 Å². The zero-order chi connectivity index (χ0) is 16.8. The molecule has 1 amide bonds. The van der Waals surface area contributed by atoms with Gasteiger partial charge in [-0.1, -0.05) is 25.3 Å². The molecule has 0 heterocycles. The van der Waals surface area contributed by atoms with Gasteiger partial charge in [0, 0.05) is 19.3 Å². The molecule has 1 fully saturated rings. The smallest absolute Gasteiger partial charge is 0.266 e. The van der Waals surface area contributed by atoms with Crippen LogP contribution in [0.5, 0.6) is 0 Å². The molecule has 1 aromatic rings. The van der Waals surface area contributed by atoms with Crippen LogP contribution in [-0.2, 0) is 4.79 Å². The summed E-state index contributed by atoms with van der Waals surface area (Å²) < 4.78 is 0. The van der Waals surface area contributed by atoms with Gasteiger partial charge < -0.3 is 16.0 Å². The summed E-state index contributed by atoms with van der Waals surface area (Å²) in [5.41, 5.74) is 8.33. The number of amides is 1. The zero-order valence-electron chi connectivity index (χ0n) is 13.8. The van der Waals surface area contributed by atoms with Crippen molar-refractivity contribution in [3.05, 3.63) is 35.5 Å². The molecule has 0 atom stereocenters. The largest absolute Gasteiger partial charge is 0.397 e. The highest BCUT2D eigenvalue weighted by atomic mass is 16.2. The second-order valence-electron chi connectivity index (χ2n) is 6.11. The predicted molar refractivity (Wildman–Crippen MR) is 92.6 cm³/mol. The lowest BCUT2D eigenvalue weighted by atomic mass is 9.94. The second kappa shape index (κ2) is 7.68. The van der Waals surface area contributed by atoms with Gasteiger partial charge >= 0.3 is 0 Å². The van der Waals surface area contributed by atoms with Crippen molar-refractivity contribution in [2.75, 3.05) is 18.1 Å². The van der Waals surface area contributed by atoms with Gasteiger partial charge in [-0.2, -0.15) is 5.26 Å². The minimum atomic E-state index is -0.238. The highest BCUT2D eigenvalue weighted by Crippen LogP contribution is 2.23. The van der Waals surface area contributed by atoms with Gasteiger partial charge in [0.15, 0.2) is 0 Å². The van der Waals surface area contributed by atoms with Gasteiger partial charge in [-0.25, -0.2) is 0 Å². The Morgan fingerprint density at radius 2 is 2.09 bits per heavy atom. The summed E-state index contributed by atoms with van der Waals surface area (Å²) in [6.07, 6.45) is 7.00. The summed E-state index contributed by atoms with van der Waals surface area (Å²) in [7, 11) is 1.78. The Bertz CT molecular complexity index is 639. The number of nitrogen functional groups attached to an aromatic ring is 1. The van der Waals surface area contributed by atoms with E-state index < -0.39 is 0 Å². The van der Waals surface area contributed by atoms with Crippen LogP contribution in [0, 0.1) is 18.3 Å². The van der Waals surface area contributed by atoms with Crippen LogP contribution >= 0.6 is 0 Å². The molecule has 1 saturated carbocycles. The molecule has 5 heteroatoms. The Kier molecular flexibility index (Phi) is 5.64. The van der Waals surface area contributed by atoms with Crippen LogP contribution in [0.25, 0.3) is 0 Å². The summed E-state index contributed by atoms with van der Waals surface area (Å²) in [5.74, 6) is -0.238. The van der Waals surface area contributed by atoms with Crippen LogP contribution in [0.15, 0.2) is 30.0 Å². The Balaban J connectivity index is 2.10. The third-order valence-electron chi connectivity index (χ3n) is 4.37. The Labute approximate surface area is 137 Å². The van der Waals surface area contributed by atoms with Crippen LogP contribution in [0.4, 0.5) is 11.4 Å². The molecule has 0 aliphatic heterocycles. The molecule has 3 N–H and O–H groups in total. The Hall–Kier alpha value is -2.48. The standard InChI is InChI=1S/C18H24N4O/c1-13-8-9-16(20)17(10-13)21-12-14(11-19)18(23)22(2)15-6-4-3-5-7-15/h8-10,12,15,21H,3-7,20H2,1-2H3/b14-12-. The summed E-state index contributed by atoms with van der Waals surface area (Å²) in [6.45, 7) is 1.96. The molecule has 0 unspecified atom stereocenters. The Morgan fingerprint density at radius 3 is 2.74 bits per heavy atom. The zero-order valence-corrected chi connectivity index (χ0v) is 13.8. The molecule has 0 spiro atoms. The van der Waals surface area contributed by atoms with Crippen LogP contribution < -0.4 is 11.1 Å². The van der Waals surface area contributed by atoms with E-state index in [1.165, 1.54) is 12.6 Å². The van der Waals surface area contributed by atoms with Crippen LogP contribution in [0.2, 0.25) is 0 Å². The van der Waals surface area contributed by atoms with Gasteiger partial charge in [-0.15, -0.1) is 0 Å². The first kappa shape index (κ1) is 16.9. The number of rotatable bonds is 4.